The number of fused-ring (bicyclic) bond motifs is 6. The lowest BCUT2D eigenvalue weighted by atomic mass is 9.80. The summed E-state index contributed by atoms with van der Waals surface area (Å²) in [6.07, 6.45) is 18.6. The molecule has 5 aliphatic carbocycles. The Morgan fingerprint density at radius 1 is 0.667 bits per heavy atom. The van der Waals surface area contributed by atoms with E-state index < -0.39 is 0 Å². The van der Waals surface area contributed by atoms with Crippen LogP contribution in [-0.4, -0.2) is 0 Å². The molecule has 2 atom stereocenters. The van der Waals surface area contributed by atoms with E-state index in [1.165, 1.54) is 65.8 Å². The van der Waals surface area contributed by atoms with Crippen molar-refractivity contribution in [2.75, 3.05) is 0 Å². The summed E-state index contributed by atoms with van der Waals surface area (Å²) in [5.74, 6) is 0.842. The number of hydrogen-bond acceptors (Lipinski definition) is 0. The van der Waals surface area contributed by atoms with E-state index >= 15 is 0 Å². The van der Waals surface area contributed by atoms with Gasteiger partial charge in [-0.1, -0.05) is 78.9 Å². The van der Waals surface area contributed by atoms with E-state index in [1.54, 1.807) is 0 Å². The fourth-order valence-corrected chi connectivity index (χ4v) is 6.27. The van der Waals surface area contributed by atoms with Gasteiger partial charge in [-0.05, 0) is 84.0 Å². The molecule has 0 saturated heterocycles. The second-order valence-corrected chi connectivity index (χ2v) is 8.92. The van der Waals surface area contributed by atoms with Crippen molar-refractivity contribution in [2.24, 2.45) is 11.8 Å². The van der Waals surface area contributed by atoms with E-state index in [1.807, 2.05) is 0 Å². The first-order chi connectivity index (χ1) is 14.9. The average Bonchev–Trinajstić information content (AvgIpc) is 3.27. The van der Waals surface area contributed by atoms with Gasteiger partial charge in [0.1, 0.15) is 0 Å². The molecule has 3 aromatic carbocycles. The molecule has 0 N–H and O–H groups in total. The van der Waals surface area contributed by atoms with Crippen molar-refractivity contribution in [1.29, 1.82) is 0 Å². The molecule has 0 heteroatoms. The first-order valence-electron chi connectivity index (χ1n) is 10.8. The fraction of sp³-hybridized carbons (Fsp3) is 0.0667. The van der Waals surface area contributed by atoms with Crippen molar-refractivity contribution < 1.29 is 0 Å². The summed E-state index contributed by atoms with van der Waals surface area (Å²) in [6, 6.07) is 18.3. The van der Waals surface area contributed by atoms with Gasteiger partial charge in [-0.3, -0.25) is 0 Å². The van der Waals surface area contributed by atoms with Gasteiger partial charge in [0.2, 0.25) is 0 Å². The SMILES string of the molecule is C1=CC2=CC=CC3=C4C=c5cc6c(cc5=CC4C(=C1)C23)-c1cccc2cccc-6c12. The predicted octanol–water partition coefficient (Wildman–Crippen LogP) is 5.60. The van der Waals surface area contributed by atoms with Gasteiger partial charge in [-0.15, -0.1) is 0 Å². The Bertz CT molecular complexity index is 1620. The van der Waals surface area contributed by atoms with Crippen LogP contribution in [0.5, 0.6) is 0 Å². The maximum absolute atomic E-state index is 2.51. The maximum Gasteiger partial charge on any atom is 0.0314 e. The van der Waals surface area contributed by atoms with E-state index in [-0.39, 0.29) is 0 Å². The lowest BCUT2D eigenvalue weighted by Gasteiger charge is -2.23. The van der Waals surface area contributed by atoms with E-state index in [9.17, 15) is 0 Å². The van der Waals surface area contributed by atoms with Gasteiger partial charge in [-0.2, -0.15) is 0 Å². The second-order valence-electron chi connectivity index (χ2n) is 8.92. The van der Waals surface area contributed by atoms with Crippen molar-refractivity contribution in [3.8, 4) is 22.3 Å². The average molecular weight is 378 g/mol. The molecule has 0 aromatic heterocycles. The first-order valence-corrected chi connectivity index (χ1v) is 10.8. The molecule has 0 nitrogen and oxygen atoms in total. The van der Waals surface area contributed by atoms with Crippen molar-refractivity contribution in [3.63, 3.8) is 0 Å². The molecule has 0 saturated carbocycles. The van der Waals surface area contributed by atoms with Crippen molar-refractivity contribution in [2.45, 2.75) is 0 Å². The monoisotopic (exact) mass is 378 g/mol. The lowest BCUT2D eigenvalue weighted by Crippen LogP contribution is -2.30. The van der Waals surface area contributed by atoms with E-state index in [0.717, 1.165) is 0 Å². The Hall–Kier alpha value is -3.64. The Balaban J connectivity index is 1.44. The van der Waals surface area contributed by atoms with Gasteiger partial charge in [0, 0.05) is 11.8 Å². The highest BCUT2D eigenvalue weighted by Crippen LogP contribution is 2.51. The fourth-order valence-electron chi connectivity index (χ4n) is 6.27. The molecule has 0 fully saturated rings. The summed E-state index contributed by atoms with van der Waals surface area (Å²) in [5, 5.41) is 5.47. The molecule has 3 aromatic rings. The summed E-state index contributed by atoms with van der Waals surface area (Å²) in [5.41, 5.74) is 11.5. The minimum atomic E-state index is 0.395. The highest BCUT2D eigenvalue weighted by molar-refractivity contribution is 6.15. The molecule has 0 heterocycles. The van der Waals surface area contributed by atoms with E-state index in [4.69, 9.17) is 0 Å². The Morgan fingerprint density at radius 3 is 2.27 bits per heavy atom. The number of allylic oxidation sites excluding steroid dienone is 10. The quantitative estimate of drug-likeness (QED) is 0.374. The summed E-state index contributed by atoms with van der Waals surface area (Å²) < 4.78 is 0. The zero-order valence-electron chi connectivity index (χ0n) is 16.4. The van der Waals surface area contributed by atoms with Gasteiger partial charge in [0.25, 0.3) is 0 Å². The molecule has 0 amide bonds. The van der Waals surface area contributed by atoms with E-state index in [0.29, 0.717) is 11.8 Å². The molecule has 2 unspecified atom stereocenters. The van der Waals surface area contributed by atoms with Gasteiger partial charge in [-0.25, -0.2) is 0 Å². The van der Waals surface area contributed by atoms with Crippen LogP contribution < -0.4 is 10.4 Å². The zero-order chi connectivity index (χ0) is 19.4. The number of hydrogen-bond donors (Lipinski definition) is 0. The Labute approximate surface area is 174 Å². The molecule has 138 valence electrons. The Morgan fingerprint density at radius 2 is 1.43 bits per heavy atom. The van der Waals surface area contributed by atoms with Crippen molar-refractivity contribution >= 4 is 22.9 Å². The van der Waals surface area contributed by atoms with Crippen LogP contribution in [0.15, 0.2) is 107 Å². The third-order valence-electron chi connectivity index (χ3n) is 7.51. The highest BCUT2D eigenvalue weighted by Gasteiger charge is 2.38. The van der Waals surface area contributed by atoms with Crippen LogP contribution in [0.2, 0.25) is 0 Å². The predicted molar refractivity (Wildman–Crippen MR) is 125 cm³/mol. The summed E-state index contributed by atoms with van der Waals surface area (Å²) in [4.78, 5) is 0. The zero-order valence-corrected chi connectivity index (χ0v) is 16.4. The minimum Gasteiger partial charge on any atom is -0.0650 e. The molecular formula is C30H18. The lowest BCUT2D eigenvalue weighted by molar-refractivity contribution is 0.841. The topological polar surface area (TPSA) is 0 Å². The van der Waals surface area contributed by atoms with Crippen LogP contribution >= 0.6 is 0 Å². The van der Waals surface area contributed by atoms with Crippen LogP contribution in [0.4, 0.5) is 0 Å². The molecule has 0 spiro atoms. The molecule has 0 aliphatic heterocycles. The van der Waals surface area contributed by atoms with Gasteiger partial charge in [0.05, 0.1) is 0 Å². The van der Waals surface area contributed by atoms with Crippen LogP contribution in [0.1, 0.15) is 0 Å². The molecule has 0 bridgehead atoms. The normalized spacial score (nSPS) is 23.2. The van der Waals surface area contributed by atoms with Gasteiger partial charge < -0.3 is 0 Å². The molecule has 5 aliphatic rings. The molecular weight excluding hydrogens is 360 g/mol. The van der Waals surface area contributed by atoms with E-state index in [2.05, 4.69) is 97.1 Å². The number of rotatable bonds is 0. The molecule has 0 radical (unpaired) electrons. The third kappa shape index (κ3) is 1.70. The number of benzene rings is 3. The molecule has 30 heavy (non-hydrogen) atoms. The summed E-state index contributed by atoms with van der Waals surface area (Å²) >= 11 is 0. The highest BCUT2D eigenvalue weighted by atomic mass is 14.4. The Kier molecular flexibility index (Phi) is 2.59. The van der Waals surface area contributed by atoms with Crippen LogP contribution in [0.3, 0.4) is 0 Å². The third-order valence-corrected chi connectivity index (χ3v) is 7.51. The van der Waals surface area contributed by atoms with Crippen molar-refractivity contribution in [3.05, 3.63) is 118 Å². The minimum absolute atomic E-state index is 0.395. The maximum atomic E-state index is 2.51. The van der Waals surface area contributed by atoms with Gasteiger partial charge in [0.15, 0.2) is 0 Å². The summed E-state index contributed by atoms with van der Waals surface area (Å²) in [6.45, 7) is 0. The van der Waals surface area contributed by atoms with Crippen LogP contribution in [0, 0.1) is 11.8 Å². The first kappa shape index (κ1) is 15.2. The molecule has 8 rings (SSSR count). The second kappa shape index (κ2) is 5.09. The standard InChI is InChI=1S/C30H18/c1-5-17-6-2-10-22-26-14-20-16-28-24-12-4-8-18-7-3-11-23(30(18)24)27(28)15-19(20)13-25(26)21(9-1)29(17)22/h1-16,25,29H. The van der Waals surface area contributed by atoms with Crippen LogP contribution in [-0.2, 0) is 0 Å². The smallest absolute Gasteiger partial charge is 0.0314 e. The summed E-state index contributed by atoms with van der Waals surface area (Å²) in [7, 11) is 0. The van der Waals surface area contributed by atoms with Gasteiger partial charge >= 0.3 is 0 Å². The van der Waals surface area contributed by atoms with Crippen LogP contribution in [0.25, 0.3) is 45.2 Å². The largest absolute Gasteiger partial charge is 0.0650 e. The van der Waals surface area contributed by atoms with Crippen molar-refractivity contribution in [1.82, 2.24) is 0 Å².